The molecule has 0 unspecified atom stereocenters. The Kier molecular flexibility index (Phi) is 8.32. The number of benzene rings is 3. The fourth-order valence-corrected chi connectivity index (χ4v) is 3.09. The molecule has 0 saturated carbocycles. The normalized spacial score (nSPS) is 10.8. The zero-order chi connectivity index (χ0) is 24.5. The number of hydrazone groups is 1. The SMILES string of the molecule is C=Cc1cccc(COC(=O)c2cccc(NC(=O)/C(=N/Nc3ccccc3Cl)C(C)=O)c2)c1. The molecule has 0 saturated heterocycles. The van der Waals surface area contributed by atoms with E-state index in [2.05, 4.69) is 22.4 Å². The Labute approximate surface area is 202 Å². The lowest BCUT2D eigenvalue weighted by molar-refractivity contribution is -0.114. The minimum absolute atomic E-state index is 0.0892. The quantitative estimate of drug-likeness (QED) is 0.188. The van der Waals surface area contributed by atoms with Gasteiger partial charge in [0.1, 0.15) is 6.61 Å². The summed E-state index contributed by atoms with van der Waals surface area (Å²) in [4.78, 5) is 37.1. The fourth-order valence-electron chi connectivity index (χ4n) is 2.91. The lowest BCUT2D eigenvalue weighted by atomic mass is 10.1. The van der Waals surface area contributed by atoms with Gasteiger partial charge in [-0.25, -0.2) is 4.79 Å². The molecule has 0 aromatic heterocycles. The Morgan fingerprint density at radius 3 is 2.53 bits per heavy atom. The Hall–Kier alpha value is -4.23. The van der Waals surface area contributed by atoms with E-state index in [1.165, 1.54) is 13.0 Å². The molecule has 0 aliphatic heterocycles. The molecule has 172 valence electrons. The van der Waals surface area contributed by atoms with Gasteiger partial charge in [0.15, 0.2) is 11.5 Å². The molecule has 0 heterocycles. The first kappa shape index (κ1) is 24.4. The summed E-state index contributed by atoms with van der Waals surface area (Å²) in [5, 5.41) is 6.87. The van der Waals surface area contributed by atoms with Crippen LogP contribution in [0.2, 0.25) is 5.02 Å². The fraction of sp³-hybridized carbons (Fsp3) is 0.0769. The molecule has 7 nitrogen and oxygen atoms in total. The number of rotatable bonds is 9. The van der Waals surface area contributed by atoms with E-state index in [9.17, 15) is 14.4 Å². The van der Waals surface area contributed by atoms with Gasteiger partial charge in [0, 0.05) is 12.6 Å². The van der Waals surface area contributed by atoms with Gasteiger partial charge >= 0.3 is 5.97 Å². The van der Waals surface area contributed by atoms with Crippen molar-refractivity contribution in [1.82, 2.24) is 0 Å². The van der Waals surface area contributed by atoms with E-state index in [1.807, 2.05) is 24.3 Å². The minimum atomic E-state index is -0.737. The second kappa shape index (κ2) is 11.6. The van der Waals surface area contributed by atoms with Crippen LogP contribution in [0.3, 0.4) is 0 Å². The number of hydrogen-bond donors (Lipinski definition) is 2. The zero-order valence-corrected chi connectivity index (χ0v) is 19.1. The lowest BCUT2D eigenvalue weighted by Gasteiger charge is -2.09. The highest BCUT2D eigenvalue weighted by molar-refractivity contribution is 6.67. The number of anilines is 2. The van der Waals surface area contributed by atoms with Gasteiger partial charge in [-0.15, -0.1) is 0 Å². The van der Waals surface area contributed by atoms with Crippen LogP contribution < -0.4 is 10.7 Å². The number of para-hydroxylation sites is 1. The van der Waals surface area contributed by atoms with Gasteiger partial charge in [-0.3, -0.25) is 15.0 Å². The number of ketones is 1. The largest absolute Gasteiger partial charge is 0.457 e. The maximum absolute atomic E-state index is 12.7. The van der Waals surface area contributed by atoms with Crippen molar-refractivity contribution < 1.29 is 19.1 Å². The zero-order valence-electron chi connectivity index (χ0n) is 18.4. The van der Waals surface area contributed by atoms with E-state index in [0.717, 1.165) is 11.1 Å². The number of nitrogens with zero attached hydrogens (tertiary/aromatic N) is 1. The van der Waals surface area contributed by atoms with Gasteiger partial charge in [0.05, 0.1) is 16.3 Å². The maximum atomic E-state index is 12.7. The molecule has 3 aromatic rings. The molecular formula is C26H22ClN3O4. The predicted octanol–water partition coefficient (Wildman–Crippen LogP) is 5.34. The third-order valence-electron chi connectivity index (χ3n) is 4.62. The Bertz CT molecular complexity index is 1270. The summed E-state index contributed by atoms with van der Waals surface area (Å²) < 4.78 is 5.37. The topological polar surface area (TPSA) is 96.9 Å². The number of esters is 1. The third-order valence-corrected chi connectivity index (χ3v) is 4.95. The van der Waals surface area contributed by atoms with E-state index in [1.54, 1.807) is 48.5 Å². The molecule has 3 rings (SSSR count). The van der Waals surface area contributed by atoms with Crippen molar-refractivity contribution >= 4 is 52.4 Å². The number of ether oxygens (including phenoxy) is 1. The van der Waals surface area contributed by atoms with E-state index in [-0.39, 0.29) is 17.9 Å². The summed E-state index contributed by atoms with van der Waals surface area (Å²) in [5.74, 6) is -1.84. The van der Waals surface area contributed by atoms with Crippen LogP contribution in [0, 0.1) is 0 Å². The number of hydrogen-bond acceptors (Lipinski definition) is 6. The smallest absolute Gasteiger partial charge is 0.338 e. The Morgan fingerprint density at radius 2 is 1.79 bits per heavy atom. The molecule has 0 radical (unpaired) electrons. The summed E-state index contributed by atoms with van der Waals surface area (Å²) in [6.07, 6.45) is 1.71. The predicted molar refractivity (Wildman–Crippen MR) is 134 cm³/mol. The standard InChI is InChI=1S/C26H22ClN3O4/c1-3-18-8-6-9-19(14-18)16-34-26(33)20-10-7-11-21(15-20)28-25(32)24(17(2)31)30-29-23-13-5-4-12-22(23)27/h3-15,29H,1,16H2,2H3,(H,28,32)/b30-24+. The van der Waals surface area contributed by atoms with Crippen molar-refractivity contribution in [2.45, 2.75) is 13.5 Å². The van der Waals surface area contributed by atoms with Crippen LogP contribution in [0.1, 0.15) is 28.4 Å². The van der Waals surface area contributed by atoms with Gasteiger partial charge in [-0.1, -0.05) is 60.7 Å². The highest BCUT2D eigenvalue weighted by atomic mass is 35.5. The number of carbonyl (C=O) groups is 3. The van der Waals surface area contributed by atoms with Crippen molar-refractivity contribution in [2.75, 3.05) is 10.7 Å². The number of carbonyl (C=O) groups excluding carboxylic acids is 3. The molecule has 0 aliphatic carbocycles. The van der Waals surface area contributed by atoms with Crippen LogP contribution in [0.4, 0.5) is 11.4 Å². The molecule has 0 atom stereocenters. The molecule has 0 bridgehead atoms. The molecular weight excluding hydrogens is 454 g/mol. The van der Waals surface area contributed by atoms with E-state index < -0.39 is 17.7 Å². The van der Waals surface area contributed by atoms with Gasteiger partial charge in [-0.2, -0.15) is 5.10 Å². The average molecular weight is 476 g/mol. The average Bonchev–Trinajstić information content (AvgIpc) is 2.83. The van der Waals surface area contributed by atoms with Crippen LogP contribution in [0.15, 0.2) is 84.5 Å². The van der Waals surface area contributed by atoms with Crippen molar-refractivity contribution in [2.24, 2.45) is 5.10 Å². The first-order chi connectivity index (χ1) is 16.4. The van der Waals surface area contributed by atoms with Crippen LogP contribution in [-0.2, 0) is 20.9 Å². The van der Waals surface area contributed by atoms with E-state index in [4.69, 9.17) is 16.3 Å². The first-order valence-corrected chi connectivity index (χ1v) is 10.6. The van der Waals surface area contributed by atoms with Gasteiger partial charge in [0.25, 0.3) is 5.91 Å². The third kappa shape index (κ3) is 6.63. The molecule has 0 fully saturated rings. The summed E-state index contributed by atoms with van der Waals surface area (Å²) in [5.41, 5.74) is 5.01. The summed E-state index contributed by atoms with van der Waals surface area (Å²) in [7, 11) is 0. The van der Waals surface area contributed by atoms with Crippen LogP contribution in [0.5, 0.6) is 0 Å². The molecule has 34 heavy (non-hydrogen) atoms. The Morgan fingerprint density at radius 1 is 1.03 bits per heavy atom. The summed E-state index contributed by atoms with van der Waals surface area (Å²) >= 11 is 6.06. The molecule has 0 aliphatic rings. The number of Topliss-reactive ketones (excluding diaryl/α,β-unsaturated/α-hetero) is 1. The second-order valence-corrected chi connectivity index (χ2v) is 7.58. The molecule has 1 amide bonds. The highest BCUT2D eigenvalue weighted by Gasteiger charge is 2.18. The molecule has 0 spiro atoms. The first-order valence-electron chi connectivity index (χ1n) is 10.3. The maximum Gasteiger partial charge on any atom is 0.338 e. The van der Waals surface area contributed by atoms with Crippen LogP contribution >= 0.6 is 11.6 Å². The number of halogens is 1. The number of nitrogens with one attached hydrogen (secondary N) is 2. The van der Waals surface area contributed by atoms with Crippen molar-refractivity contribution in [3.63, 3.8) is 0 Å². The van der Waals surface area contributed by atoms with Crippen molar-refractivity contribution in [3.8, 4) is 0 Å². The molecule has 8 heteroatoms. The highest BCUT2D eigenvalue weighted by Crippen LogP contribution is 2.20. The van der Waals surface area contributed by atoms with Crippen LogP contribution in [0.25, 0.3) is 6.08 Å². The molecule has 3 aromatic carbocycles. The van der Waals surface area contributed by atoms with Gasteiger partial charge in [0.2, 0.25) is 0 Å². The van der Waals surface area contributed by atoms with Gasteiger partial charge < -0.3 is 10.1 Å². The Balaban J connectivity index is 1.67. The molecule has 2 N–H and O–H groups in total. The van der Waals surface area contributed by atoms with Crippen molar-refractivity contribution in [1.29, 1.82) is 0 Å². The summed E-state index contributed by atoms with van der Waals surface area (Å²) in [6, 6.07) is 20.4. The van der Waals surface area contributed by atoms with Crippen LogP contribution in [-0.4, -0.2) is 23.4 Å². The summed E-state index contributed by atoms with van der Waals surface area (Å²) in [6.45, 7) is 5.03. The second-order valence-electron chi connectivity index (χ2n) is 7.17. The lowest BCUT2D eigenvalue weighted by Crippen LogP contribution is -2.29. The van der Waals surface area contributed by atoms with E-state index in [0.29, 0.717) is 16.4 Å². The minimum Gasteiger partial charge on any atom is -0.457 e. The van der Waals surface area contributed by atoms with Crippen molar-refractivity contribution in [3.05, 3.63) is 101 Å². The van der Waals surface area contributed by atoms with Gasteiger partial charge in [-0.05, 0) is 47.5 Å². The number of amides is 1. The monoisotopic (exact) mass is 475 g/mol. The van der Waals surface area contributed by atoms with E-state index >= 15 is 0 Å².